The molecule has 1 fully saturated rings. The third kappa shape index (κ3) is 7.11. The van der Waals surface area contributed by atoms with Crippen molar-refractivity contribution < 1.29 is 4.79 Å². The van der Waals surface area contributed by atoms with Crippen molar-refractivity contribution in [1.29, 1.82) is 0 Å². The van der Waals surface area contributed by atoms with Gasteiger partial charge in [0.2, 0.25) is 0 Å². The molecule has 2 heterocycles. The number of nitrogens with one attached hydrogen (secondary N) is 2. The van der Waals surface area contributed by atoms with Gasteiger partial charge in [0.25, 0.3) is 0 Å². The summed E-state index contributed by atoms with van der Waals surface area (Å²) in [5.74, 6) is 1.50. The highest BCUT2D eigenvalue weighted by molar-refractivity contribution is 6.03. The fraction of sp³-hybridized carbons (Fsp3) is 0.455. The molecule has 4 rings (SSSR count). The van der Waals surface area contributed by atoms with Gasteiger partial charge in [-0.1, -0.05) is 0 Å². The molecule has 0 amide bonds. The van der Waals surface area contributed by atoms with E-state index >= 15 is 0 Å². The van der Waals surface area contributed by atoms with Crippen LogP contribution in [-0.4, -0.2) is 72.5 Å². The maximum atomic E-state index is 12.0. The van der Waals surface area contributed by atoms with Crippen LogP contribution in [0.15, 0.2) is 59.7 Å². The van der Waals surface area contributed by atoms with E-state index in [0.717, 1.165) is 57.6 Å². The number of rotatable bonds is 11. The topological polar surface area (TPSA) is 86.3 Å². The van der Waals surface area contributed by atoms with Gasteiger partial charge < -0.3 is 20.4 Å². The Labute approximate surface area is 245 Å². The van der Waals surface area contributed by atoms with Gasteiger partial charge in [-0.25, -0.2) is 15.0 Å². The first kappa shape index (κ1) is 30.2. The van der Waals surface area contributed by atoms with Crippen LogP contribution in [0.4, 0.5) is 11.5 Å². The quantitative estimate of drug-likeness (QED) is 0.176. The molecule has 0 atom stereocenters. The van der Waals surface area contributed by atoms with Crippen LogP contribution in [0, 0.1) is 6.92 Å². The van der Waals surface area contributed by atoms with Crippen LogP contribution in [0.25, 0.3) is 21.9 Å². The zero-order valence-electron chi connectivity index (χ0n) is 25.7. The largest absolute Gasteiger partial charge is 0.392 e. The Balaban J connectivity index is 1.78. The molecule has 218 valence electrons. The van der Waals surface area contributed by atoms with E-state index < -0.39 is 0 Å². The lowest BCUT2D eigenvalue weighted by molar-refractivity contribution is -0.104. The fourth-order valence-electron chi connectivity index (χ4n) is 5.81. The van der Waals surface area contributed by atoms with Gasteiger partial charge in [0.15, 0.2) is 0 Å². The molecule has 2 aromatic heterocycles. The summed E-state index contributed by atoms with van der Waals surface area (Å²) in [4.78, 5) is 30.6. The van der Waals surface area contributed by atoms with Crippen molar-refractivity contribution in [2.24, 2.45) is 0 Å². The van der Waals surface area contributed by atoms with Crippen molar-refractivity contribution in [3.05, 3.63) is 65.5 Å². The highest BCUT2D eigenvalue weighted by Gasteiger charge is 2.28. The molecule has 1 aromatic carbocycles. The number of anilines is 2. The Morgan fingerprint density at radius 2 is 1.68 bits per heavy atom. The van der Waals surface area contributed by atoms with E-state index in [9.17, 15) is 4.79 Å². The van der Waals surface area contributed by atoms with Crippen LogP contribution < -0.4 is 15.5 Å². The maximum absolute atomic E-state index is 12.0. The summed E-state index contributed by atoms with van der Waals surface area (Å²) in [7, 11) is 6.25. The number of carbonyl (C=O) groups is 1. The summed E-state index contributed by atoms with van der Waals surface area (Å²) in [5.41, 5.74) is 5.84. The Morgan fingerprint density at radius 1 is 1.00 bits per heavy atom. The highest BCUT2D eigenvalue weighted by atomic mass is 16.1. The molecule has 0 unspecified atom stereocenters. The van der Waals surface area contributed by atoms with Gasteiger partial charge in [-0.2, -0.15) is 0 Å². The van der Waals surface area contributed by atoms with Crippen LogP contribution in [0.1, 0.15) is 52.3 Å². The standard InChI is InChI=1S/C33H45N7O/c1-8-40(29-11-9-28(10-12-29)39(6)7)32-17-25(26-18-36-24(4)37-19-26)16-31-30(32)13-14-35-33(31)38-20-27(21-41)22(2)15-23(3)34-5/h13-19,21,28-29,34H,8-12,20H2,1-7H3,(H,35,38)/b23-15-,27-22-. The molecule has 1 aliphatic rings. The van der Waals surface area contributed by atoms with Crippen LogP contribution in [0.2, 0.25) is 0 Å². The van der Waals surface area contributed by atoms with Gasteiger partial charge in [-0.15, -0.1) is 0 Å². The van der Waals surface area contributed by atoms with Gasteiger partial charge >= 0.3 is 0 Å². The lowest BCUT2D eigenvalue weighted by atomic mass is 9.88. The first-order valence-electron chi connectivity index (χ1n) is 14.6. The number of hydrogen-bond acceptors (Lipinski definition) is 8. The maximum Gasteiger partial charge on any atom is 0.148 e. The van der Waals surface area contributed by atoms with Crippen molar-refractivity contribution in [2.45, 2.75) is 65.5 Å². The average Bonchev–Trinajstić information content (AvgIpc) is 2.98. The van der Waals surface area contributed by atoms with Gasteiger partial charge in [-0.3, -0.25) is 4.79 Å². The van der Waals surface area contributed by atoms with Gasteiger partial charge in [0.1, 0.15) is 17.9 Å². The van der Waals surface area contributed by atoms with Crippen LogP contribution in [0.3, 0.4) is 0 Å². The predicted octanol–water partition coefficient (Wildman–Crippen LogP) is 5.75. The van der Waals surface area contributed by atoms with E-state index in [1.165, 1.54) is 31.4 Å². The summed E-state index contributed by atoms with van der Waals surface area (Å²) < 4.78 is 0. The van der Waals surface area contributed by atoms with E-state index in [4.69, 9.17) is 4.98 Å². The summed E-state index contributed by atoms with van der Waals surface area (Å²) >= 11 is 0. The molecule has 8 heteroatoms. The molecule has 41 heavy (non-hydrogen) atoms. The second kappa shape index (κ2) is 13.7. The van der Waals surface area contributed by atoms with E-state index in [0.29, 0.717) is 24.2 Å². The minimum absolute atomic E-state index is 0.383. The van der Waals surface area contributed by atoms with E-state index in [-0.39, 0.29) is 0 Å². The number of nitrogens with zero attached hydrogens (tertiary/aromatic N) is 5. The van der Waals surface area contributed by atoms with Crippen LogP contribution >= 0.6 is 0 Å². The number of pyridine rings is 1. The third-order valence-electron chi connectivity index (χ3n) is 8.38. The number of aromatic nitrogens is 3. The SMILES string of the molecule is CCN(c1cc(-c2cnc(C)nc2)cc2c(NC/C(C=O)=C(C)/C=C(/C)NC)nccc12)C1CCC(N(C)C)CC1. The molecule has 2 N–H and O–H groups in total. The first-order valence-corrected chi connectivity index (χ1v) is 14.6. The number of benzene rings is 1. The Morgan fingerprint density at radius 3 is 2.29 bits per heavy atom. The van der Waals surface area contributed by atoms with Gasteiger partial charge in [0, 0.05) is 84.1 Å². The zero-order valence-corrected chi connectivity index (χ0v) is 25.7. The molecular formula is C33H45N7O. The van der Waals surface area contributed by atoms with E-state index in [1.54, 1.807) is 0 Å². The third-order valence-corrected chi connectivity index (χ3v) is 8.38. The summed E-state index contributed by atoms with van der Waals surface area (Å²) in [5, 5.41) is 8.76. The minimum Gasteiger partial charge on any atom is -0.392 e. The summed E-state index contributed by atoms with van der Waals surface area (Å²) in [6.07, 6.45) is 13.3. The normalized spacial score (nSPS) is 18.3. The average molecular weight is 556 g/mol. The second-order valence-electron chi connectivity index (χ2n) is 11.2. The van der Waals surface area contributed by atoms with E-state index in [1.807, 2.05) is 52.5 Å². The number of carbonyl (C=O) groups excluding carboxylic acids is 1. The first-order chi connectivity index (χ1) is 19.7. The van der Waals surface area contributed by atoms with Crippen molar-refractivity contribution in [3.63, 3.8) is 0 Å². The fourth-order valence-corrected chi connectivity index (χ4v) is 5.81. The summed E-state index contributed by atoms with van der Waals surface area (Å²) in [6, 6.07) is 7.69. The number of allylic oxidation sites excluding steroid dienone is 3. The number of fused-ring (bicyclic) bond motifs is 1. The molecule has 1 saturated carbocycles. The lowest BCUT2D eigenvalue weighted by Gasteiger charge is -2.40. The smallest absolute Gasteiger partial charge is 0.148 e. The predicted molar refractivity (Wildman–Crippen MR) is 170 cm³/mol. The molecule has 0 aliphatic heterocycles. The Kier molecular flexibility index (Phi) is 10.1. The molecule has 0 spiro atoms. The zero-order chi connectivity index (χ0) is 29.5. The molecular weight excluding hydrogens is 510 g/mol. The molecule has 0 bridgehead atoms. The highest BCUT2D eigenvalue weighted by Crippen LogP contribution is 2.38. The molecule has 1 aliphatic carbocycles. The molecule has 3 aromatic rings. The lowest BCUT2D eigenvalue weighted by Crippen LogP contribution is -2.42. The number of aryl methyl sites for hydroxylation is 1. The minimum atomic E-state index is 0.383. The van der Waals surface area contributed by atoms with Gasteiger partial charge in [0.05, 0.1) is 0 Å². The molecule has 0 saturated heterocycles. The van der Waals surface area contributed by atoms with Crippen molar-refractivity contribution in [1.82, 2.24) is 25.2 Å². The Bertz CT molecular complexity index is 1400. The van der Waals surface area contributed by atoms with E-state index in [2.05, 4.69) is 69.6 Å². The van der Waals surface area contributed by atoms with Crippen molar-refractivity contribution in [2.75, 3.05) is 44.4 Å². The second-order valence-corrected chi connectivity index (χ2v) is 11.2. The number of hydrogen-bond donors (Lipinski definition) is 2. The summed E-state index contributed by atoms with van der Waals surface area (Å²) in [6.45, 7) is 9.39. The van der Waals surface area contributed by atoms with Crippen LogP contribution in [-0.2, 0) is 4.79 Å². The van der Waals surface area contributed by atoms with Crippen LogP contribution in [0.5, 0.6) is 0 Å². The van der Waals surface area contributed by atoms with Crippen molar-refractivity contribution in [3.8, 4) is 11.1 Å². The number of aldehydes is 1. The Hall–Kier alpha value is -3.78. The van der Waals surface area contributed by atoms with Gasteiger partial charge in [-0.05, 0) is 103 Å². The monoisotopic (exact) mass is 555 g/mol. The van der Waals surface area contributed by atoms with Crippen molar-refractivity contribution >= 4 is 28.6 Å². The molecule has 0 radical (unpaired) electrons. The molecule has 8 nitrogen and oxygen atoms in total.